The van der Waals surface area contributed by atoms with Gasteiger partial charge < -0.3 is 14.8 Å². The monoisotopic (exact) mass is 263 g/mol. The molecule has 0 spiro atoms. The van der Waals surface area contributed by atoms with E-state index in [1.54, 1.807) is 12.1 Å². The highest BCUT2D eigenvalue weighted by Crippen LogP contribution is 2.34. The second-order valence-corrected chi connectivity index (χ2v) is 4.84. The number of rotatable bonds is 3. The number of nitrogens with one attached hydrogen (secondary N) is 1. The summed E-state index contributed by atoms with van der Waals surface area (Å²) in [4.78, 5) is 23.0. The van der Waals surface area contributed by atoms with E-state index < -0.39 is 0 Å². The molecule has 0 radical (unpaired) electrons. The maximum atomic E-state index is 11.8. The van der Waals surface area contributed by atoms with Crippen LogP contribution in [0.2, 0.25) is 0 Å². The summed E-state index contributed by atoms with van der Waals surface area (Å²) in [5.41, 5.74) is 1.46. The lowest BCUT2D eigenvalue weighted by molar-refractivity contribution is -0.143. The minimum atomic E-state index is -0.337. The van der Waals surface area contributed by atoms with Crippen LogP contribution in [0.15, 0.2) is 18.2 Å². The number of ether oxygens (including phenoxy) is 2. The highest BCUT2D eigenvalue weighted by molar-refractivity contribution is 5.95. The van der Waals surface area contributed by atoms with E-state index in [-0.39, 0.29) is 30.3 Å². The van der Waals surface area contributed by atoms with E-state index in [4.69, 9.17) is 9.47 Å². The van der Waals surface area contributed by atoms with Gasteiger partial charge in [0.1, 0.15) is 5.75 Å². The number of hydrogen-bond donors (Lipinski definition) is 1. The average molecular weight is 263 g/mol. The molecule has 1 aliphatic heterocycles. The molecule has 2 rings (SSSR count). The molecule has 1 aromatic carbocycles. The first kappa shape index (κ1) is 13.4. The van der Waals surface area contributed by atoms with Gasteiger partial charge in [0.15, 0.2) is 6.61 Å². The number of carbonyl (C=O) groups excluding carboxylic acids is 2. The first-order valence-corrected chi connectivity index (χ1v) is 6.17. The zero-order valence-electron chi connectivity index (χ0n) is 11.2. The second kappa shape index (κ2) is 5.30. The van der Waals surface area contributed by atoms with E-state index in [9.17, 15) is 9.59 Å². The molecule has 1 aromatic rings. The van der Waals surface area contributed by atoms with Crippen molar-refractivity contribution < 1.29 is 19.1 Å². The van der Waals surface area contributed by atoms with Crippen molar-refractivity contribution in [1.82, 2.24) is 0 Å². The van der Waals surface area contributed by atoms with Crippen LogP contribution in [0.25, 0.3) is 0 Å². The molecule has 1 amide bonds. The van der Waals surface area contributed by atoms with Crippen LogP contribution in [0.4, 0.5) is 5.69 Å². The predicted molar refractivity (Wildman–Crippen MR) is 70.2 cm³/mol. The molecule has 102 valence electrons. The Bertz CT molecular complexity index is 510. The topological polar surface area (TPSA) is 64.6 Å². The number of fused-ring (bicyclic) bond motifs is 1. The van der Waals surface area contributed by atoms with Crippen LogP contribution in [0.1, 0.15) is 25.3 Å². The molecule has 0 saturated heterocycles. The molecule has 5 nitrogen and oxygen atoms in total. The molecule has 0 saturated carbocycles. The van der Waals surface area contributed by atoms with Crippen molar-refractivity contribution in [2.24, 2.45) is 5.92 Å². The van der Waals surface area contributed by atoms with Crippen LogP contribution < -0.4 is 10.1 Å². The Kier molecular flexibility index (Phi) is 3.74. The summed E-state index contributed by atoms with van der Waals surface area (Å²) in [6, 6.07) is 5.35. The van der Waals surface area contributed by atoms with Gasteiger partial charge in [0.25, 0.3) is 5.91 Å². The van der Waals surface area contributed by atoms with E-state index in [0.29, 0.717) is 11.4 Å². The third-order valence-corrected chi connectivity index (χ3v) is 3.12. The van der Waals surface area contributed by atoms with Crippen LogP contribution in [0, 0.1) is 5.92 Å². The Labute approximate surface area is 111 Å². The summed E-state index contributed by atoms with van der Waals surface area (Å²) >= 11 is 0. The Balaban J connectivity index is 2.35. The van der Waals surface area contributed by atoms with Gasteiger partial charge in [0, 0.05) is 0 Å². The molecule has 1 heterocycles. The normalized spacial score (nSPS) is 15.3. The van der Waals surface area contributed by atoms with Gasteiger partial charge in [0.05, 0.1) is 18.7 Å². The van der Waals surface area contributed by atoms with E-state index in [1.807, 2.05) is 19.9 Å². The Morgan fingerprint density at radius 3 is 2.79 bits per heavy atom. The van der Waals surface area contributed by atoms with E-state index in [0.717, 1.165) is 5.56 Å². The van der Waals surface area contributed by atoms with Gasteiger partial charge in [-0.25, -0.2) is 0 Å². The number of anilines is 1. The molecule has 19 heavy (non-hydrogen) atoms. The Morgan fingerprint density at radius 1 is 1.42 bits per heavy atom. The molecule has 1 unspecified atom stereocenters. The highest BCUT2D eigenvalue weighted by atomic mass is 16.5. The summed E-state index contributed by atoms with van der Waals surface area (Å²) in [5.74, 6) is -0.0738. The van der Waals surface area contributed by atoms with Gasteiger partial charge in [-0.15, -0.1) is 0 Å². The maximum absolute atomic E-state index is 11.8. The quantitative estimate of drug-likeness (QED) is 0.846. The fraction of sp³-hybridized carbons (Fsp3) is 0.429. The van der Waals surface area contributed by atoms with Crippen LogP contribution in [-0.2, 0) is 14.3 Å². The molecule has 1 aliphatic rings. The number of carbonyl (C=O) groups is 2. The minimum absolute atomic E-state index is 0.00101. The average Bonchev–Trinajstić information content (AvgIpc) is 2.38. The Morgan fingerprint density at radius 2 is 2.16 bits per heavy atom. The standard InChI is InChI=1S/C14H17NO4/c1-8(2)13(14(17)18-3)9-4-5-10-11(6-9)19-7-12(16)15-10/h4-6,8,13H,7H2,1-3H3,(H,15,16). The van der Waals surface area contributed by atoms with Crippen molar-refractivity contribution in [3.63, 3.8) is 0 Å². The van der Waals surface area contributed by atoms with Crippen molar-refractivity contribution in [1.29, 1.82) is 0 Å². The van der Waals surface area contributed by atoms with E-state index in [2.05, 4.69) is 5.32 Å². The van der Waals surface area contributed by atoms with Crippen LogP contribution in [0.5, 0.6) is 5.75 Å². The molecule has 5 heteroatoms. The lowest BCUT2D eigenvalue weighted by Gasteiger charge is -2.22. The van der Waals surface area contributed by atoms with E-state index >= 15 is 0 Å². The lowest BCUT2D eigenvalue weighted by Crippen LogP contribution is -2.26. The van der Waals surface area contributed by atoms with Crippen molar-refractivity contribution in [2.75, 3.05) is 19.0 Å². The molecule has 0 fully saturated rings. The van der Waals surface area contributed by atoms with Crippen LogP contribution >= 0.6 is 0 Å². The SMILES string of the molecule is COC(=O)C(c1ccc2c(c1)OCC(=O)N2)C(C)C. The smallest absolute Gasteiger partial charge is 0.313 e. The molecule has 1 N–H and O–H groups in total. The van der Waals surface area contributed by atoms with Gasteiger partial charge in [-0.1, -0.05) is 19.9 Å². The van der Waals surface area contributed by atoms with Crippen molar-refractivity contribution in [2.45, 2.75) is 19.8 Å². The molecular weight excluding hydrogens is 246 g/mol. The predicted octanol–water partition coefficient (Wildman–Crippen LogP) is 1.93. The van der Waals surface area contributed by atoms with Gasteiger partial charge in [-0.05, 0) is 23.6 Å². The number of amides is 1. The van der Waals surface area contributed by atoms with Gasteiger partial charge in [0.2, 0.25) is 0 Å². The second-order valence-electron chi connectivity index (χ2n) is 4.84. The third kappa shape index (κ3) is 2.70. The fourth-order valence-electron chi connectivity index (χ4n) is 2.20. The van der Waals surface area contributed by atoms with Gasteiger partial charge in [-0.2, -0.15) is 0 Å². The maximum Gasteiger partial charge on any atom is 0.313 e. The lowest BCUT2D eigenvalue weighted by atomic mass is 9.88. The van der Waals surface area contributed by atoms with Crippen LogP contribution in [0.3, 0.4) is 0 Å². The molecule has 0 aromatic heterocycles. The highest BCUT2D eigenvalue weighted by Gasteiger charge is 2.27. The number of benzene rings is 1. The minimum Gasteiger partial charge on any atom is -0.482 e. The summed E-state index contributed by atoms with van der Waals surface area (Å²) in [6.07, 6.45) is 0. The number of methoxy groups -OCH3 is 1. The largest absolute Gasteiger partial charge is 0.482 e. The first-order valence-electron chi connectivity index (χ1n) is 6.17. The summed E-state index contributed by atoms with van der Waals surface area (Å²) in [5, 5.41) is 2.72. The molecule has 1 atom stereocenters. The summed E-state index contributed by atoms with van der Waals surface area (Å²) < 4.78 is 10.2. The summed E-state index contributed by atoms with van der Waals surface area (Å²) in [6.45, 7) is 3.92. The number of hydrogen-bond acceptors (Lipinski definition) is 4. The molecular formula is C14H17NO4. The number of esters is 1. The summed E-state index contributed by atoms with van der Waals surface area (Å²) in [7, 11) is 1.38. The van der Waals surface area contributed by atoms with Gasteiger partial charge >= 0.3 is 5.97 Å². The molecule has 0 aliphatic carbocycles. The van der Waals surface area contributed by atoms with Crippen molar-refractivity contribution in [3.8, 4) is 5.75 Å². The van der Waals surface area contributed by atoms with E-state index in [1.165, 1.54) is 7.11 Å². The first-order chi connectivity index (χ1) is 9.02. The fourth-order valence-corrected chi connectivity index (χ4v) is 2.20. The van der Waals surface area contributed by atoms with Crippen molar-refractivity contribution in [3.05, 3.63) is 23.8 Å². The Hall–Kier alpha value is -2.04. The zero-order chi connectivity index (χ0) is 14.0. The third-order valence-electron chi connectivity index (χ3n) is 3.12. The van der Waals surface area contributed by atoms with Gasteiger partial charge in [-0.3, -0.25) is 9.59 Å². The van der Waals surface area contributed by atoms with Crippen LogP contribution in [-0.4, -0.2) is 25.6 Å². The van der Waals surface area contributed by atoms with Crippen molar-refractivity contribution >= 4 is 17.6 Å². The zero-order valence-corrected chi connectivity index (χ0v) is 11.2. The molecule has 0 bridgehead atoms.